The monoisotopic (exact) mass is 420 g/mol. The number of halogens is 2. The van der Waals surface area contributed by atoms with Crippen molar-refractivity contribution in [1.82, 2.24) is 10.2 Å². The Morgan fingerprint density at radius 3 is 2.68 bits per heavy atom. The minimum Gasteiger partial charge on any atom is -0.350 e. The second-order valence-corrected chi connectivity index (χ2v) is 7.36. The number of nitrogens with one attached hydrogen (secondary N) is 1. The van der Waals surface area contributed by atoms with E-state index in [0.717, 1.165) is 16.5 Å². The molecule has 0 bridgehead atoms. The molecule has 4 nitrogen and oxygen atoms in total. The Labute approximate surface area is 160 Å². The minimum absolute atomic E-state index is 0.106. The molecule has 1 N–H and O–H groups in total. The molecule has 1 aliphatic heterocycles. The van der Waals surface area contributed by atoms with Crippen molar-refractivity contribution in [3.8, 4) is 0 Å². The molecule has 1 atom stereocenters. The van der Waals surface area contributed by atoms with Crippen LogP contribution < -0.4 is 5.32 Å². The Morgan fingerprint density at radius 2 is 1.96 bits per heavy atom. The molecule has 6 heteroatoms. The maximum absolute atomic E-state index is 12.7. The van der Waals surface area contributed by atoms with E-state index in [1.807, 2.05) is 24.3 Å². The van der Waals surface area contributed by atoms with Crippen LogP contribution in [0.1, 0.15) is 28.8 Å². The van der Waals surface area contributed by atoms with Crippen LogP contribution in [0.25, 0.3) is 0 Å². The fourth-order valence-corrected chi connectivity index (χ4v) is 3.50. The van der Waals surface area contributed by atoms with E-state index in [0.29, 0.717) is 30.1 Å². The van der Waals surface area contributed by atoms with Crippen molar-refractivity contribution < 1.29 is 9.59 Å². The van der Waals surface area contributed by atoms with Crippen LogP contribution in [0, 0.1) is 0 Å². The predicted molar refractivity (Wildman–Crippen MR) is 101 cm³/mol. The largest absolute Gasteiger partial charge is 0.350 e. The Kier molecular flexibility index (Phi) is 5.76. The van der Waals surface area contributed by atoms with Gasteiger partial charge in [-0.3, -0.25) is 9.59 Å². The fourth-order valence-electron chi connectivity index (χ4n) is 2.98. The first kappa shape index (κ1) is 18.0. The zero-order valence-electron chi connectivity index (χ0n) is 13.5. The van der Waals surface area contributed by atoms with Crippen LogP contribution in [0.2, 0.25) is 5.02 Å². The first-order valence-corrected chi connectivity index (χ1v) is 9.30. The van der Waals surface area contributed by atoms with Gasteiger partial charge in [0, 0.05) is 28.1 Å². The van der Waals surface area contributed by atoms with E-state index in [-0.39, 0.29) is 11.8 Å². The molecule has 2 aromatic carbocycles. The van der Waals surface area contributed by atoms with Crippen molar-refractivity contribution in [3.63, 3.8) is 0 Å². The molecule has 25 heavy (non-hydrogen) atoms. The van der Waals surface area contributed by atoms with Crippen molar-refractivity contribution in [2.24, 2.45) is 0 Å². The summed E-state index contributed by atoms with van der Waals surface area (Å²) in [5, 5.41) is 3.59. The second kappa shape index (κ2) is 8.02. The smallest absolute Gasteiger partial charge is 0.254 e. The van der Waals surface area contributed by atoms with Crippen molar-refractivity contribution in [1.29, 1.82) is 0 Å². The number of hydrogen-bond acceptors (Lipinski definition) is 2. The molecule has 1 heterocycles. The molecule has 0 saturated carbocycles. The lowest BCUT2D eigenvalue weighted by molar-refractivity contribution is -0.125. The highest BCUT2D eigenvalue weighted by Gasteiger charge is 2.34. The number of benzene rings is 2. The molecule has 3 rings (SSSR count). The van der Waals surface area contributed by atoms with Gasteiger partial charge in [0.2, 0.25) is 5.91 Å². The lowest BCUT2D eigenvalue weighted by Gasteiger charge is -2.24. The van der Waals surface area contributed by atoms with Gasteiger partial charge in [-0.15, -0.1) is 0 Å². The Morgan fingerprint density at radius 1 is 1.20 bits per heavy atom. The Balaban J connectivity index is 1.65. The summed E-state index contributed by atoms with van der Waals surface area (Å²) >= 11 is 9.25. The minimum atomic E-state index is -0.418. The quantitative estimate of drug-likeness (QED) is 0.810. The lowest BCUT2D eigenvalue weighted by atomic mass is 10.1. The van der Waals surface area contributed by atoms with Gasteiger partial charge in [-0.25, -0.2) is 0 Å². The lowest BCUT2D eigenvalue weighted by Crippen LogP contribution is -2.45. The van der Waals surface area contributed by atoms with Crippen LogP contribution in [0.15, 0.2) is 53.0 Å². The van der Waals surface area contributed by atoms with Crippen LogP contribution in [-0.2, 0) is 11.3 Å². The Hall–Kier alpha value is -1.85. The van der Waals surface area contributed by atoms with Crippen LogP contribution in [0.5, 0.6) is 0 Å². The number of rotatable bonds is 4. The van der Waals surface area contributed by atoms with Crippen LogP contribution in [0.3, 0.4) is 0 Å². The molecular formula is C19H18BrClN2O2. The summed E-state index contributed by atoms with van der Waals surface area (Å²) in [4.78, 5) is 27.0. The molecule has 1 aliphatic rings. The highest BCUT2D eigenvalue weighted by Crippen LogP contribution is 2.22. The van der Waals surface area contributed by atoms with Crippen molar-refractivity contribution in [2.45, 2.75) is 25.4 Å². The summed E-state index contributed by atoms with van der Waals surface area (Å²) in [7, 11) is 0. The zero-order chi connectivity index (χ0) is 17.8. The summed E-state index contributed by atoms with van der Waals surface area (Å²) in [6.07, 6.45) is 1.52. The molecule has 2 aromatic rings. The van der Waals surface area contributed by atoms with Gasteiger partial charge in [0.15, 0.2) is 0 Å². The van der Waals surface area contributed by atoms with E-state index in [1.54, 1.807) is 29.2 Å². The van der Waals surface area contributed by atoms with E-state index in [9.17, 15) is 9.59 Å². The Bertz CT molecular complexity index is 779. The molecule has 0 aromatic heterocycles. The number of hydrogen-bond donors (Lipinski definition) is 1. The van der Waals surface area contributed by atoms with Crippen LogP contribution >= 0.6 is 27.5 Å². The van der Waals surface area contributed by atoms with E-state index < -0.39 is 6.04 Å². The van der Waals surface area contributed by atoms with Gasteiger partial charge in [0.25, 0.3) is 5.91 Å². The third-order valence-electron chi connectivity index (χ3n) is 4.27. The summed E-state index contributed by atoms with van der Waals surface area (Å²) < 4.78 is 0.848. The topological polar surface area (TPSA) is 49.4 Å². The SMILES string of the molecule is O=C(NCc1ccc(Cl)cc1)[C@@H]1CCCN1C(=O)c1cccc(Br)c1. The normalized spacial score (nSPS) is 16.7. The molecule has 0 unspecified atom stereocenters. The van der Waals surface area contributed by atoms with Crippen molar-refractivity contribution in [2.75, 3.05) is 6.54 Å². The molecule has 0 aliphatic carbocycles. The molecule has 130 valence electrons. The maximum atomic E-state index is 12.7. The third-order valence-corrected chi connectivity index (χ3v) is 5.01. The third kappa shape index (κ3) is 4.41. The highest BCUT2D eigenvalue weighted by atomic mass is 79.9. The molecule has 1 saturated heterocycles. The first-order valence-electron chi connectivity index (χ1n) is 8.13. The van der Waals surface area contributed by atoms with Gasteiger partial charge >= 0.3 is 0 Å². The van der Waals surface area contributed by atoms with Crippen LogP contribution in [0.4, 0.5) is 0 Å². The number of nitrogens with zero attached hydrogens (tertiary/aromatic N) is 1. The molecular weight excluding hydrogens is 404 g/mol. The van der Waals surface area contributed by atoms with Gasteiger partial charge in [0.05, 0.1) is 0 Å². The van der Waals surface area contributed by atoms with Gasteiger partial charge < -0.3 is 10.2 Å². The van der Waals surface area contributed by atoms with Gasteiger partial charge in [-0.05, 0) is 48.7 Å². The average molecular weight is 422 g/mol. The summed E-state index contributed by atoms with van der Waals surface area (Å²) in [6, 6.07) is 14.2. The van der Waals surface area contributed by atoms with Gasteiger partial charge in [0.1, 0.15) is 6.04 Å². The zero-order valence-corrected chi connectivity index (χ0v) is 15.9. The summed E-state index contributed by atoms with van der Waals surface area (Å²) in [5.74, 6) is -0.221. The van der Waals surface area contributed by atoms with E-state index in [4.69, 9.17) is 11.6 Å². The van der Waals surface area contributed by atoms with Crippen molar-refractivity contribution >= 4 is 39.3 Å². The molecule has 2 amide bonds. The first-order chi connectivity index (χ1) is 12.0. The molecule has 0 spiro atoms. The van der Waals surface area contributed by atoms with E-state index in [2.05, 4.69) is 21.2 Å². The predicted octanol–water partition coefficient (Wildman–Crippen LogP) is 4.02. The molecule has 1 fully saturated rings. The second-order valence-electron chi connectivity index (χ2n) is 6.01. The fraction of sp³-hybridized carbons (Fsp3) is 0.263. The molecule has 0 radical (unpaired) electrons. The summed E-state index contributed by atoms with van der Waals surface area (Å²) in [5.41, 5.74) is 1.56. The summed E-state index contributed by atoms with van der Waals surface area (Å²) in [6.45, 7) is 1.02. The number of amides is 2. The van der Waals surface area contributed by atoms with E-state index in [1.165, 1.54) is 0 Å². The van der Waals surface area contributed by atoms with Crippen LogP contribution in [-0.4, -0.2) is 29.3 Å². The van der Waals surface area contributed by atoms with Gasteiger partial charge in [-0.2, -0.15) is 0 Å². The number of carbonyl (C=O) groups is 2. The maximum Gasteiger partial charge on any atom is 0.254 e. The number of likely N-dealkylation sites (tertiary alicyclic amines) is 1. The number of carbonyl (C=O) groups excluding carboxylic acids is 2. The highest BCUT2D eigenvalue weighted by molar-refractivity contribution is 9.10. The average Bonchev–Trinajstić information content (AvgIpc) is 3.10. The van der Waals surface area contributed by atoms with Crippen molar-refractivity contribution in [3.05, 3.63) is 69.2 Å². The standard InChI is InChI=1S/C19H18BrClN2O2/c20-15-4-1-3-14(11-15)19(25)23-10-2-5-17(23)18(24)22-12-13-6-8-16(21)9-7-13/h1,3-4,6-9,11,17H,2,5,10,12H2,(H,22,24)/t17-/m0/s1. The van der Waals surface area contributed by atoms with E-state index >= 15 is 0 Å². The van der Waals surface area contributed by atoms with Gasteiger partial charge in [-0.1, -0.05) is 45.7 Å².